The number of hydrogen-bond acceptors (Lipinski definition) is 6. The predicted octanol–water partition coefficient (Wildman–Crippen LogP) is 1.47. The van der Waals surface area contributed by atoms with Gasteiger partial charge in [-0.1, -0.05) is 0 Å². The third-order valence-electron chi connectivity index (χ3n) is 4.24. The molecule has 1 aromatic heterocycles. The Kier molecular flexibility index (Phi) is 4.32. The molecule has 6 heteroatoms. The number of anilines is 1. The number of aromatic nitrogens is 2. The zero-order valence-corrected chi connectivity index (χ0v) is 12.3. The van der Waals surface area contributed by atoms with E-state index in [1.54, 1.807) is 0 Å². The van der Waals surface area contributed by atoms with Crippen molar-refractivity contribution in [3.63, 3.8) is 0 Å². The van der Waals surface area contributed by atoms with Gasteiger partial charge in [-0.2, -0.15) is 5.26 Å². The zero-order chi connectivity index (χ0) is 14.7. The third kappa shape index (κ3) is 2.99. The zero-order valence-electron chi connectivity index (χ0n) is 12.3. The minimum absolute atomic E-state index is 0.281. The number of nitrogens with zero attached hydrogens (tertiary/aromatic N) is 4. The quantitative estimate of drug-likeness (QED) is 0.820. The molecule has 0 aliphatic carbocycles. The first-order valence-corrected chi connectivity index (χ1v) is 7.49. The first-order chi connectivity index (χ1) is 10.3. The number of morpholine rings is 1. The molecular formula is C15H20N4O2. The van der Waals surface area contributed by atoms with Gasteiger partial charge >= 0.3 is 0 Å². The Morgan fingerprint density at radius 1 is 1.24 bits per heavy atom. The lowest BCUT2D eigenvalue weighted by molar-refractivity contribution is 0.0851. The Labute approximate surface area is 124 Å². The van der Waals surface area contributed by atoms with E-state index in [-0.39, 0.29) is 6.04 Å². The SMILES string of the molecule is CC1COCCN1c1cc(C2CCOCC2)c(C#N)nn1. The summed E-state index contributed by atoms with van der Waals surface area (Å²) in [6.07, 6.45) is 1.89. The molecule has 0 bridgehead atoms. The highest BCUT2D eigenvalue weighted by molar-refractivity contribution is 5.46. The summed E-state index contributed by atoms with van der Waals surface area (Å²) >= 11 is 0. The average Bonchev–Trinajstić information content (AvgIpc) is 2.55. The van der Waals surface area contributed by atoms with E-state index in [0.717, 1.165) is 44.0 Å². The van der Waals surface area contributed by atoms with Crippen molar-refractivity contribution < 1.29 is 9.47 Å². The van der Waals surface area contributed by atoms with Gasteiger partial charge in [-0.25, -0.2) is 0 Å². The monoisotopic (exact) mass is 288 g/mol. The standard InChI is InChI=1S/C15H20N4O2/c1-11-10-21-7-4-19(11)15-8-13(14(9-16)17-18-15)12-2-5-20-6-3-12/h8,11-12H,2-7,10H2,1H3. The second-order valence-electron chi connectivity index (χ2n) is 5.62. The van der Waals surface area contributed by atoms with Crippen LogP contribution in [-0.2, 0) is 9.47 Å². The van der Waals surface area contributed by atoms with Gasteiger partial charge in [0.15, 0.2) is 11.5 Å². The van der Waals surface area contributed by atoms with Crippen LogP contribution in [-0.4, -0.2) is 49.2 Å². The maximum Gasteiger partial charge on any atom is 0.166 e. The summed E-state index contributed by atoms with van der Waals surface area (Å²) in [4.78, 5) is 2.21. The molecule has 0 N–H and O–H groups in total. The van der Waals surface area contributed by atoms with Crippen LogP contribution < -0.4 is 4.90 Å². The van der Waals surface area contributed by atoms with Gasteiger partial charge in [-0.3, -0.25) is 0 Å². The van der Waals surface area contributed by atoms with E-state index in [1.807, 2.05) is 6.07 Å². The van der Waals surface area contributed by atoms with E-state index >= 15 is 0 Å². The summed E-state index contributed by atoms with van der Waals surface area (Å²) < 4.78 is 10.9. The van der Waals surface area contributed by atoms with Crippen LogP contribution in [0.5, 0.6) is 0 Å². The van der Waals surface area contributed by atoms with Gasteiger partial charge in [0, 0.05) is 19.8 Å². The summed E-state index contributed by atoms with van der Waals surface area (Å²) in [5.74, 6) is 1.20. The molecule has 2 aliphatic heterocycles. The second kappa shape index (κ2) is 6.37. The van der Waals surface area contributed by atoms with Crippen LogP contribution >= 0.6 is 0 Å². The van der Waals surface area contributed by atoms with Gasteiger partial charge in [0.05, 0.1) is 19.3 Å². The smallest absolute Gasteiger partial charge is 0.166 e. The highest BCUT2D eigenvalue weighted by Gasteiger charge is 2.25. The van der Waals surface area contributed by atoms with Crippen LogP contribution in [0.15, 0.2) is 6.07 Å². The number of hydrogen-bond donors (Lipinski definition) is 0. The molecule has 1 atom stereocenters. The Morgan fingerprint density at radius 2 is 2.05 bits per heavy atom. The Bertz CT molecular complexity index is 537. The van der Waals surface area contributed by atoms with Crippen LogP contribution in [0.1, 0.15) is 36.9 Å². The van der Waals surface area contributed by atoms with Crippen LogP contribution in [0.25, 0.3) is 0 Å². The largest absolute Gasteiger partial charge is 0.381 e. The van der Waals surface area contributed by atoms with Crippen LogP contribution in [0.4, 0.5) is 5.82 Å². The van der Waals surface area contributed by atoms with Crippen molar-refractivity contribution in [1.29, 1.82) is 5.26 Å². The van der Waals surface area contributed by atoms with Gasteiger partial charge in [0.1, 0.15) is 6.07 Å². The van der Waals surface area contributed by atoms with E-state index < -0.39 is 0 Å². The van der Waals surface area contributed by atoms with Crippen molar-refractivity contribution in [2.24, 2.45) is 0 Å². The normalized spacial score (nSPS) is 23.8. The van der Waals surface area contributed by atoms with Crippen molar-refractivity contribution in [1.82, 2.24) is 10.2 Å². The number of rotatable bonds is 2. The van der Waals surface area contributed by atoms with E-state index in [1.165, 1.54) is 0 Å². The predicted molar refractivity (Wildman–Crippen MR) is 77.2 cm³/mol. The molecule has 1 unspecified atom stereocenters. The first kappa shape index (κ1) is 14.2. The fourth-order valence-electron chi connectivity index (χ4n) is 3.01. The van der Waals surface area contributed by atoms with E-state index in [4.69, 9.17) is 9.47 Å². The molecule has 6 nitrogen and oxygen atoms in total. The van der Waals surface area contributed by atoms with E-state index in [0.29, 0.717) is 24.8 Å². The first-order valence-electron chi connectivity index (χ1n) is 7.49. The maximum absolute atomic E-state index is 9.28. The Hall–Kier alpha value is -1.71. The third-order valence-corrected chi connectivity index (χ3v) is 4.24. The van der Waals surface area contributed by atoms with Crippen molar-refractivity contribution in [2.75, 3.05) is 37.9 Å². The molecule has 2 fully saturated rings. The second-order valence-corrected chi connectivity index (χ2v) is 5.62. The Balaban J connectivity index is 1.90. The fourth-order valence-corrected chi connectivity index (χ4v) is 3.01. The molecule has 1 aromatic rings. The molecular weight excluding hydrogens is 268 g/mol. The fraction of sp³-hybridized carbons (Fsp3) is 0.667. The minimum atomic E-state index is 0.281. The van der Waals surface area contributed by atoms with Gasteiger partial charge in [-0.15, -0.1) is 10.2 Å². The summed E-state index contributed by atoms with van der Waals surface area (Å²) in [5, 5.41) is 17.7. The molecule has 2 aliphatic rings. The van der Waals surface area contributed by atoms with Crippen molar-refractivity contribution >= 4 is 5.82 Å². The summed E-state index contributed by atoms with van der Waals surface area (Å²) in [7, 11) is 0. The van der Waals surface area contributed by atoms with Crippen LogP contribution in [0, 0.1) is 11.3 Å². The molecule has 0 spiro atoms. The van der Waals surface area contributed by atoms with Crippen molar-refractivity contribution in [3.05, 3.63) is 17.3 Å². The number of ether oxygens (including phenoxy) is 2. The van der Waals surface area contributed by atoms with Gasteiger partial charge in [0.2, 0.25) is 0 Å². The van der Waals surface area contributed by atoms with E-state index in [2.05, 4.69) is 28.1 Å². The molecule has 3 heterocycles. The van der Waals surface area contributed by atoms with Crippen LogP contribution in [0.3, 0.4) is 0 Å². The molecule has 21 heavy (non-hydrogen) atoms. The minimum Gasteiger partial charge on any atom is -0.381 e. The summed E-state index contributed by atoms with van der Waals surface area (Å²) in [6.45, 7) is 5.84. The number of nitriles is 1. The Morgan fingerprint density at radius 3 is 2.76 bits per heavy atom. The molecule has 0 saturated carbocycles. The van der Waals surface area contributed by atoms with Crippen molar-refractivity contribution in [3.8, 4) is 6.07 Å². The van der Waals surface area contributed by atoms with Gasteiger partial charge < -0.3 is 14.4 Å². The topological polar surface area (TPSA) is 71.3 Å². The van der Waals surface area contributed by atoms with E-state index in [9.17, 15) is 5.26 Å². The molecule has 0 radical (unpaired) electrons. The summed E-state index contributed by atoms with van der Waals surface area (Å²) in [5.41, 5.74) is 1.47. The molecule has 2 saturated heterocycles. The summed E-state index contributed by atoms with van der Waals surface area (Å²) in [6, 6.07) is 4.50. The molecule has 3 rings (SSSR count). The van der Waals surface area contributed by atoms with Crippen LogP contribution in [0.2, 0.25) is 0 Å². The lowest BCUT2D eigenvalue weighted by Gasteiger charge is -2.34. The van der Waals surface area contributed by atoms with Gasteiger partial charge in [-0.05, 0) is 37.3 Å². The molecule has 0 amide bonds. The highest BCUT2D eigenvalue weighted by Crippen LogP contribution is 2.30. The van der Waals surface area contributed by atoms with Crippen molar-refractivity contribution in [2.45, 2.75) is 31.7 Å². The lowest BCUT2D eigenvalue weighted by Crippen LogP contribution is -2.44. The average molecular weight is 288 g/mol. The van der Waals surface area contributed by atoms with Gasteiger partial charge in [0.25, 0.3) is 0 Å². The molecule has 0 aromatic carbocycles. The highest BCUT2D eigenvalue weighted by atomic mass is 16.5. The maximum atomic E-state index is 9.28. The molecule has 112 valence electrons. The lowest BCUT2D eigenvalue weighted by atomic mass is 9.91.